The highest BCUT2D eigenvalue weighted by Gasteiger charge is 2.31. The Morgan fingerprint density at radius 3 is 2.67 bits per heavy atom. The van der Waals surface area contributed by atoms with E-state index < -0.39 is 0 Å². The van der Waals surface area contributed by atoms with Crippen LogP contribution in [0.1, 0.15) is 54.1 Å². The van der Waals surface area contributed by atoms with Crippen molar-refractivity contribution in [3.8, 4) is 17.2 Å². The Labute approximate surface area is 194 Å². The van der Waals surface area contributed by atoms with Crippen LogP contribution in [0.4, 0.5) is 0 Å². The molecule has 0 aliphatic carbocycles. The summed E-state index contributed by atoms with van der Waals surface area (Å²) in [6.07, 6.45) is 8.67. The van der Waals surface area contributed by atoms with Gasteiger partial charge in [0, 0.05) is 34.8 Å². The molecule has 0 spiro atoms. The van der Waals surface area contributed by atoms with Crippen molar-refractivity contribution < 1.29 is 24.3 Å². The van der Waals surface area contributed by atoms with Crippen LogP contribution < -0.4 is 19.5 Å². The topological polar surface area (TPSA) is 68.0 Å². The first-order chi connectivity index (χ1) is 16.1. The lowest BCUT2D eigenvalue weighted by molar-refractivity contribution is -0.913. The number of Topliss-reactive ketones (excluding diaryl/α,β-unsaturated/α-hetero) is 1. The van der Waals surface area contributed by atoms with Crippen molar-refractivity contribution in [2.45, 2.75) is 45.7 Å². The fourth-order valence-corrected chi connectivity index (χ4v) is 5.06. The molecule has 1 fully saturated rings. The van der Waals surface area contributed by atoms with Crippen molar-refractivity contribution in [3.63, 3.8) is 0 Å². The fraction of sp³-hybridized carbons (Fsp3) is 0.370. The number of nitrogens with one attached hydrogen (secondary N) is 1. The SMILES string of the molecule is CCn1cc(/C=C2\Oc3c(ccc([O-])c3C[NH+]3CCCCCC3)C2=O)c2cc(OC)ccc21. The van der Waals surface area contributed by atoms with Crippen molar-refractivity contribution in [3.05, 3.63) is 59.0 Å². The highest BCUT2D eigenvalue weighted by molar-refractivity contribution is 6.15. The molecule has 6 nitrogen and oxygen atoms in total. The second kappa shape index (κ2) is 8.94. The van der Waals surface area contributed by atoms with Gasteiger partial charge in [0.25, 0.3) is 0 Å². The van der Waals surface area contributed by atoms with Crippen molar-refractivity contribution >= 4 is 22.8 Å². The lowest BCUT2D eigenvalue weighted by Crippen LogP contribution is -3.10. The number of carbonyl (C=O) groups is 1. The van der Waals surface area contributed by atoms with E-state index in [1.807, 2.05) is 24.4 Å². The molecule has 1 saturated heterocycles. The minimum atomic E-state index is -0.169. The Bertz CT molecular complexity index is 1230. The van der Waals surface area contributed by atoms with Crippen LogP contribution in [0.3, 0.4) is 0 Å². The van der Waals surface area contributed by atoms with Gasteiger partial charge in [0.1, 0.15) is 18.0 Å². The van der Waals surface area contributed by atoms with Gasteiger partial charge in [0.05, 0.1) is 25.8 Å². The molecule has 0 saturated carbocycles. The van der Waals surface area contributed by atoms with E-state index in [2.05, 4.69) is 11.5 Å². The van der Waals surface area contributed by atoms with Crippen LogP contribution in [0.2, 0.25) is 0 Å². The minimum absolute atomic E-state index is 0.0492. The third-order valence-corrected chi connectivity index (χ3v) is 6.88. The molecule has 172 valence electrons. The third kappa shape index (κ3) is 4.00. The van der Waals surface area contributed by atoms with Crippen molar-refractivity contribution in [1.82, 2.24) is 4.57 Å². The van der Waals surface area contributed by atoms with E-state index >= 15 is 0 Å². The molecule has 2 aromatic carbocycles. The van der Waals surface area contributed by atoms with Crippen LogP contribution in [0.25, 0.3) is 17.0 Å². The first-order valence-electron chi connectivity index (χ1n) is 11.9. The number of fused-ring (bicyclic) bond motifs is 2. The zero-order valence-electron chi connectivity index (χ0n) is 19.3. The highest BCUT2D eigenvalue weighted by atomic mass is 16.5. The standard InChI is InChI=1S/C27H30N2O4/c1-3-29-16-18(21-15-19(32-2)8-10-23(21)29)14-25-26(31)20-9-11-24(30)22(27(20)33-25)17-28-12-6-4-5-7-13-28/h8-11,14-16,30H,3-7,12-13,17H2,1-2H3/b25-14-. The average molecular weight is 447 g/mol. The van der Waals surface area contributed by atoms with Crippen LogP contribution in [-0.2, 0) is 13.1 Å². The molecular weight excluding hydrogens is 416 g/mol. The van der Waals surface area contributed by atoms with Gasteiger partial charge in [-0.15, -0.1) is 0 Å². The van der Waals surface area contributed by atoms with Crippen LogP contribution in [-0.4, -0.2) is 30.5 Å². The van der Waals surface area contributed by atoms with Gasteiger partial charge in [-0.3, -0.25) is 4.79 Å². The molecule has 0 atom stereocenters. The number of methoxy groups -OCH3 is 1. The number of benzene rings is 2. The smallest absolute Gasteiger partial charge is 0.231 e. The number of ketones is 1. The summed E-state index contributed by atoms with van der Waals surface area (Å²) < 4.78 is 13.7. The minimum Gasteiger partial charge on any atom is -0.872 e. The molecule has 5 rings (SSSR count). The van der Waals surface area contributed by atoms with Crippen LogP contribution in [0.5, 0.6) is 17.2 Å². The van der Waals surface area contributed by atoms with E-state index in [1.165, 1.54) is 36.6 Å². The normalized spacial score (nSPS) is 17.9. The summed E-state index contributed by atoms with van der Waals surface area (Å²) in [4.78, 5) is 14.6. The predicted octanol–water partition coefficient (Wildman–Crippen LogP) is 3.32. The Balaban J connectivity index is 1.51. The van der Waals surface area contributed by atoms with Gasteiger partial charge >= 0.3 is 0 Å². The lowest BCUT2D eigenvalue weighted by Gasteiger charge is -2.22. The summed E-state index contributed by atoms with van der Waals surface area (Å²) in [7, 11) is 1.64. The molecule has 0 bridgehead atoms. The molecule has 2 aliphatic rings. The predicted molar refractivity (Wildman–Crippen MR) is 126 cm³/mol. The second-order valence-corrected chi connectivity index (χ2v) is 8.95. The van der Waals surface area contributed by atoms with E-state index in [0.29, 0.717) is 23.4 Å². The maximum absolute atomic E-state index is 13.2. The number of hydrogen-bond donors (Lipinski definition) is 1. The number of nitrogens with zero attached hydrogens (tertiary/aromatic N) is 1. The summed E-state index contributed by atoms with van der Waals surface area (Å²) >= 11 is 0. The van der Waals surface area contributed by atoms with Gasteiger partial charge in [-0.05, 0) is 62.9 Å². The number of carbonyl (C=O) groups excluding carboxylic acids is 1. The Morgan fingerprint density at radius 1 is 1.15 bits per heavy atom. The quantitative estimate of drug-likeness (QED) is 0.611. The van der Waals surface area contributed by atoms with E-state index in [4.69, 9.17) is 9.47 Å². The number of quaternary nitrogens is 1. The maximum Gasteiger partial charge on any atom is 0.231 e. The molecule has 0 amide bonds. The van der Waals surface area contributed by atoms with E-state index in [1.54, 1.807) is 19.3 Å². The molecule has 0 radical (unpaired) electrons. The fourth-order valence-electron chi connectivity index (χ4n) is 5.06. The third-order valence-electron chi connectivity index (χ3n) is 6.88. The number of likely N-dealkylation sites (tertiary alicyclic amines) is 1. The molecule has 2 aliphatic heterocycles. The van der Waals surface area contributed by atoms with Gasteiger partial charge in [0.15, 0.2) is 5.76 Å². The molecule has 33 heavy (non-hydrogen) atoms. The Morgan fingerprint density at radius 2 is 1.94 bits per heavy atom. The molecular formula is C27H30N2O4. The van der Waals surface area contributed by atoms with Gasteiger partial charge < -0.3 is 24.0 Å². The monoisotopic (exact) mass is 446 g/mol. The molecule has 6 heteroatoms. The summed E-state index contributed by atoms with van der Waals surface area (Å²) in [6.45, 7) is 5.61. The zero-order valence-corrected chi connectivity index (χ0v) is 19.3. The summed E-state index contributed by atoms with van der Waals surface area (Å²) in [5.41, 5.74) is 3.07. The molecule has 3 heterocycles. The highest BCUT2D eigenvalue weighted by Crippen LogP contribution is 2.39. The summed E-state index contributed by atoms with van der Waals surface area (Å²) in [6, 6.07) is 9.07. The van der Waals surface area contributed by atoms with E-state index in [9.17, 15) is 9.90 Å². The number of hydrogen-bond acceptors (Lipinski definition) is 4. The second-order valence-electron chi connectivity index (χ2n) is 8.95. The zero-order chi connectivity index (χ0) is 22.9. The van der Waals surface area contributed by atoms with Gasteiger partial charge in [-0.1, -0.05) is 11.8 Å². The average Bonchev–Trinajstić information content (AvgIpc) is 3.20. The number of aryl methyl sites for hydroxylation is 1. The molecule has 1 N–H and O–H groups in total. The van der Waals surface area contributed by atoms with Gasteiger partial charge in [-0.25, -0.2) is 0 Å². The van der Waals surface area contributed by atoms with Crippen molar-refractivity contribution in [1.29, 1.82) is 0 Å². The van der Waals surface area contributed by atoms with Crippen LogP contribution in [0.15, 0.2) is 42.3 Å². The largest absolute Gasteiger partial charge is 0.872 e. The maximum atomic E-state index is 13.2. The van der Waals surface area contributed by atoms with Crippen molar-refractivity contribution in [2.24, 2.45) is 0 Å². The number of aromatic nitrogens is 1. The summed E-state index contributed by atoms with van der Waals surface area (Å²) in [5.74, 6) is 1.26. The van der Waals surface area contributed by atoms with Crippen molar-refractivity contribution in [2.75, 3.05) is 20.2 Å². The Kier molecular flexibility index (Phi) is 5.85. The van der Waals surface area contributed by atoms with E-state index in [-0.39, 0.29) is 17.3 Å². The Hall–Kier alpha value is -3.25. The summed E-state index contributed by atoms with van der Waals surface area (Å²) in [5, 5.41) is 13.8. The number of allylic oxidation sites excluding steroid dienone is 1. The number of rotatable bonds is 5. The first-order valence-corrected chi connectivity index (χ1v) is 11.9. The number of ether oxygens (including phenoxy) is 2. The van der Waals surface area contributed by atoms with Gasteiger partial charge in [-0.2, -0.15) is 0 Å². The first kappa shape index (κ1) is 21.6. The lowest BCUT2D eigenvalue weighted by atomic mass is 10.0. The van der Waals surface area contributed by atoms with Crippen LogP contribution >= 0.6 is 0 Å². The van der Waals surface area contributed by atoms with E-state index in [0.717, 1.165) is 41.9 Å². The molecule has 3 aromatic rings. The van der Waals surface area contributed by atoms with Crippen LogP contribution in [0, 0.1) is 0 Å². The molecule has 1 aromatic heterocycles. The van der Waals surface area contributed by atoms with Gasteiger partial charge in [0.2, 0.25) is 5.78 Å². The molecule has 0 unspecified atom stereocenters.